The molecule has 0 saturated carbocycles. The minimum atomic E-state index is 0.556. The third kappa shape index (κ3) is 6.35. The van der Waals surface area contributed by atoms with Gasteiger partial charge < -0.3 is 5.11 Å². The molecule has 1 aliphatic rings. The van der Waals surface area contributed by atoms with E-state index in [4.69, 9.17) is 0 Å². The molecule has 0 aromatic heterocycles. The van der Waals surface area contributed by atoms with Crippen LogP contribution in [0.15, 0.2) is 35.6 Å². The summed E-state index contributed by atoms with van der Waals surface area (Å²) in [4.78, 5) is 0. The molecule has 1 rings (SSSR count). The summed E-state index contributed by atoms with van der Waals surface area (Å²) < 4.78 is 0. The van der Waals surface area contributed by atoms with E-state index in [0.29, 0.717) is 5.76 Å². The van der Waals surface area contributed by atoms with Crippen molar-refractivity contribution in [2.75, 3.05) is 0 Å². The van der Waals surface area contributed by atoms with E-state index in [1.165, 1.54) is 44.9 Å². The van der Waals surface area contributed by atoms with Gasteiger partial charge in [-0.05, 0) is 6.42 Å². The Hall–Kier alpha value is -0.980. The van der Waals surface area contributed by atoms with E-state index in [2.05, 4.69) is 6.92 Å². The normalized spacial score (nSPS) is 13.6. The average Bonchev–Trinajstić information content (AvgIpc) is 2.86. The molecule has 17 heavy (non-hydrogen) atoms. The van der Waals surface area contributed by atoms with Gasteiger partial charge in [0.1, 0.15) is 0 Å². The van der Waals surface area contributed by atoms with E-state index in [-0.39, 0.29) is 0 Å². The summed E-state index contributed by atoms with van der Waals surface area (Å²) >= 11 is 0. The van der Waals surface area contributed by atoms with E-state index in [0.717, 1.165) is 18.4 Å². The number of hydrogen-bond acceptors (Lipinski definition) is 1. The van der Waals surface area contributed by atoms with E-state index in [9.17, 15) is 5.11 Å². The van der Waals surface area contributed by atoms with Gasteiger partial charge in [0.15, 0.2) is 0 Å². The fourth-order valence-corrected chi connectivity index (χ4v) is 2.14. The lowest BCUT2D eigenvalue weighted by molar-refractivity contribution is 0.377. The fourth-order valence-electron chi connectivity index (χ4n) is 2.14. The minimum absolute atomic E-state index is 0.556. The molecule has 0 aliphatic heterocycles. The van der Waals surface area contributed by atoms with Gasteiger partial charge in [0.05, 0.1) is 5.76 Å². The summed E-state index contributed by atoms with van der Waals surface area (Å²) in [6.07, 6.45) is 19.2. The third-order valence-corrected chi connectivity index (χ3v) is 3.26. The highest BCUT2D eigenvalue weighted by Gasteiger charge is 2.01. The Kier molecular flexibility index (Phi) is 7.53. The van der Waals surface area contributed by atoms with Crippen molar-refractivity contribution in [1.82, 2.24) is 0 Å². The number of aliphatic hydroxyl groups is 1. The zero-order valence-electron chi connectivity index (χ0n) is 11.1. The van der Waals surface area contributed by atoms with Crippen LogP contribution in [0.5, 0.6) is 0 Å². The van der Waals surface area contributed by atoms with Crippen LogP contribution in [0.4, 0.5) is 0 Å². The Labute approximate surface area is 106 Å². The molecule has 1 heteroatoms. The molecule has 0 heterocycles. The molecule has 1 aliphatic carbocycles. The van der Waals surface area contributed by atoms with Gasteiger partial charge in [-0.2, -0.15) is 0 Å². The zero-order valence-corrected chi connectivity index (χ0v) is 11.1. The molecule has 0 amide bonds. The number of aliphatic hydroxyl groups excluding tert-OH is 1. The predicted molar refractivity (Wildman–Crippen MR) is 75.2 cm³/mol. The molecule has 96 valence electrons. The third-order valence-electron chi connectivity index (χ3n) is 3.26. The Morgan fingerprint density at radius 3 is 2.00 bits per heavy atom. The molecule has 0 aromatic carbocycles. The highest BCUT2D eigenvalue weighted by atomic mass is 16.3. The summed E-state index contributed by atoms with van der Waals surface area (Å²) in [7, 11) is 0. The molecule has 0 spiro atoms. The van der Waals surface area contributed by atoms with Gasteiger partial charge in [0.25, 0.3) is 0 Å². The van der Waals surface area contributed by atoms with Crippen LogP contribution in [0.3, 0.4) is 0 Å². The van der Waals surface area contributed by atoms with Crippen molar-refractivity contribution < 1.29 is 5.11 Å². The van der Waals surface area contributed by atoms with Crippen molar-refractivity contribution in [2.24, 2.45) is 0 Å². The van der Waals surface area contributed by atoms with E-state index in [1.54, 1.807) is 0 Å². The second-order valence-electron chi connectivity index (χ2n) is 4.85. The number of rotatable bonds is 9. The number of allylic oxidation sites excluding steroid dienone is 6. The van der Waals surface area contributed by atoms with Gasteiger partial charge in [-0.15, -0.1) is 0 Å². The molecule has 0 radical (unpaired) electrons. The molecule has 1 nitrogen and oxygen atoms in total. The van der Waals surface area contributed by atoms with Crippen molar-refractivity contribution in [2.45, 2.75) is 64.7 Å². The quantitative estimate of drug-likeness (QED) is 0.415. The van der Waals surface area contributed by atoms with Gasteiger partial charge in [0, 0.05) is 12.0 Å². The van der Waals surface area contributed by atoms with Crippen LogP contribution in [0.1, 0.15) is 64.7 Å². The summed E-state index contributed by atoms with van der Waals surface area (Å²) in [5.41, 5.74) is 0.993. The van der Waals surface area contributed by atoms with Crippen molar-refractivity contribution in [3.05, 3.63) is 35.6 Å². The van der Waals surface area contributed by atoms with Crippen LogP contribution in [-0.4, -0.2) is 5.11 Å². The highest BCUT2D eigenvalue weighted by molar-refractivity contribution is 5.41. The van der Waals surface area contributed by atoms with Crippen molar-refractivity contribution in [3.63, 3.8) is 0 Å². The second kappa shape index (κ2) is 9.09. The Bertz CT molecular complexity index is 270. The first-order valence-electron chi connectivity index (χ1n) is 7.11. The largest absolute Gasteiger partial charge is 0.512 e. The second-order valence-corrected chi connectivity index (χ2v) is 4.85. The first-order chi connectivity index (χ1) is 8.34. The van der Waals surface area contributed by atoms with Gasteiger partial charge >= 0.3 is 0 Å². The van der Waals surface area contributed by atoms with E-state index in [1.807, 2.05) is 24.3 Å². The Morgan fingerprint density at radius 2 is 1.41 bits per heavy atom. The Morgan fingerprint density at radius 1 is 0.882 bits per heavy atom. The summed E-state index contributed by atoms with van der Waals surface area (Å²) in [6, 6.07) is 0. The van der Waals surface area contributed by atoms with Gasteiger partial charge in [-0.1, -0.05) is 76.2 Å². The molecule has 0 fully saturated rings. The smallest absolute Gasteiger partial charge is 0.0994 e. The van der Waals surface area contributed by atoms with Crippen LogP contribution in [0.2, 0.25) is 0 Å². The highest BCUT2D eigenvalue weighted by Crippen LogP contribution is 2.17. The lowest BCUT2D eigenvalue weighted by Gasteiger charge is -2.03. The fraction of sp³-hybridized carbons (Fsp3) is 0.625. The molecule has 1 N–H and O–H groups in total. The topological polar surface area (TPSA) is 20.2 Å². The molecule has 0 aromatic rings. The van der Waals surface area contributed by atoms with Crippen molar-refractivity contribution in [1.29, 1.82) is 0 Å². The summed E-state index contributed by atoms with van der Waals surface area (Å²) in [6.45, 7) is 2.25. The molecular formula is C16H26O. The SMILES string of the molecule is CCCCCCCCCCC(O)=C1C=CC=C1. The lowest BCUT2D eigenvalue weighted by atomic mass is 10.1. The summed E-state index contributed by atoms with van der Waals surface area (Å²) in [5, 5.41) is 9.80. The molecule has 0 bridgehead atoms. The van der Waals surface area contributed by atoms with Crippen LogP contribution in [-0.2, 0) is 0 Å². The van der Waals surface area contributed by atoms with Gasteiger partial charge in [0.2, 0.25) is 0 Å². The lowest BCUT2D eigenvalue weighted by Crippen LogP contribution is -1.87. The van der Waals surface area contributed by atoms with Crippen LogP contribution >= 0.6 is 0 Å². The first-order valence-corrected chi connectivity index (χ1v) is 7.11. The van der Waals surface area contributed by atoms with Crippen LogP contribution in [0.25, 0.3) is 0 Å². The van der Waals surface area contributed by atoms with Gasteiger partial charge in [-0.3, -0.25) is 0 Å². The molecule has 0 unspecified atom stereocenters. The van der Waals surface area contributed by atoms with Crippen LogP contribution < -0.4 is 0 Å². The maximum atomic E-state index is 9.80. The van der Waals surface area contributed by atoms with Crippen molar-refractivity contribution in [3.8, 4) is 0 Å². The van der Waals surface area contributed by atoms with Gasteiger partial charge in [-0.25, -0.2) is 0 Å². The summed E-state index contributed by atoms with van der Waals surface area (Å²) in [5.74, 6) is 0.556. The molecular weight excluding hydrogens is 208 g/mol. The molecule has 0 saturated heterocycles. The Balaban J connectivity index is 1.96. The van der Waals surface area contributed by atoms with Crippen LogP contribution in [0, 0.1) is 0 Å². The predicted octanol–water partition coefficient (Wildman–Crippen LogP) is 5.46. The average molecular weight is 234 g/mol. The first kappa shape index (κ1) is 14.1. The minimum Gasteiger partial charge on any atom is -0.512 e. The van der Waals surface area contributed by atoms with Crippen molar-refractivity contribution >= 4 is 0 Å². The van der Waals surface area contributed by atoms with E-state index < -0.39 is 0 Å². The number of unbranched alkanes of at least 4 members (excludes halogenated alkanes) is 7. The monoisotopic (exact) mass is 234 g/mol. The maximum Gasteiger partial charge on any atom is 0.0994 e. The maximum absolute atomic E-state index is 9.80. The number of hydrogen-bond donors (Lipinski definition) is 1. The standard InChI is InChI=1S/C16H26O/c1-2-3-4-5-6-7-8-9-14-16(17)15-12-10-11-13-15/h10-13,17H,2-9,14H2,1H3. The molecule has 0 atom stereocenters. The van der Waals surface area contributed by atoms with E-state index >= 15 is 0 Å². The zero-order chi connectivity index (χ0) is 12.3.